The van der Waals surface area contributed by atoms with Gasteiger partial charge in [0.05, 0.1) is 18.8 Å². The molecular weight excluding hydrogens is 248 g/mol. The molecule has 0 radical (unpaired) electrons. The van der Waals surface area contributed by atoms with Crippen LogP contribution in [-0.2, 0) is 4.74 Å². The van der Waals surface area contributed by atoms with Gasteiger partial charge in [-0.1, -0.05) is 39.5 Å². The second-order valence-corrected chi connectivity index (χ2v) is 6.26. The molecular formula is C17H32N2O. The lowest BCUT2D eigenvalue weighted by atomic mass is 9.95. The Morgan fingerprint density at radius 1 is 1.25 bits per heavy atom. The van der Waals surface area contributed by atoms with Crippen LogP contribution in [-0.4, -0.2) is 24.8 Å². The molecule has 1 rings (SSSR count). The van der Waals surface area contributed by atoms with Crippen molar-refractivity contribution in [2.24, 2.45) is 5.92 Å². The Hall–Kier alpha value is -0.590. The smallest absolute Gasteiger partial charge is 0.133 e. The van der Waals surface area contributed by atoms with Gasteiger partial charge in [0.15, 0.2) is 0 Å². The maximum atomic E-state index is 9.58. The van der Waals surface area contributed by atoms with Crippen molar-refractivity contribution in [3.63, 3.8) is 0 Å². The van der Waals surface area contributed by atoms with Gasteiger partial charge >= 0.3 is 0 Å². The van der Waals surface area contributed by atoms with Crippen molar-refractivity contribution in [2.75, 3.05) is 13.2 Å². The quantitative estimate of drug-likeness (QED) is 0.549. The summed E-state index contributed by atoms with van der Waals surface area (Å²) in [6.07, 6.45) is 9.89. The molecule has 0 aromatic heterocycles. The fourth-order valence-corrected chi connectivity index (χ4v) is 2.62. The Bertz CT molecular complexity index is 296. The minimum absolute atomic E-state index is 0.266. The van der Waals surface area contributed by atoms with Gasteiger partial charge in [-0.25, -0.2) is 0 Å². The SMILES string of the molecule is CCCCCCC(C)OCC(C#N)(NCCC)C1CC1. The van der Waals surface area contributed by atoms with Crippen molar-refractivity contribution >= 4 is 0 Å². The summed E-state index contributed by atoms with van der Waals surface area (Å²) in [6, 6.07) is 2.51. The Labute approximate surface area is 125 Å². The summed E-state index contributed by atoms with van der Waals surface area (Å²) in [5.74, 6) is 0.492. The largest absolute Gasteiger partial charge is 0.375 e. The number of ether oxygens (including phenoxy) is 1. The fourth-order valence-electron chi connectivity index (χ4n) is 2.62. The standard InChI is InChI=1S/C17H32N2O/c1-4-6-7-8-9-15(3)20-14-17(13-18,16-10-11-16)19-12-5-2/h15-16,19H,4-12,14H2,1-3H3. The van der Waals surface area contributed by atoms with E-state index in [4.69, 9.17) is 4.74 Å². The lowest BCUT2D eigenvalue weighted by molar-refractivity contribution is 0.0222. The topological polar surface area (TPSA) is 45.0 Å². The third-order valence-electron chi connectivity index (χ3n) is 4.22. The first-order valence-corrected chi connectivity index (χ1v) is 8.46. The van der Waals surface area contributed by atoms with Gasteiger partial charge in [-0.15, -0.1) is 0 Å². The molecule has 0 amide bonds. The fraction of sp³-hybridized carbons (Fsp3) is 0.941. The molecule has 1 saturated carbocycles. The molecule has 0 aliphatic heterocycles. The molecule has 116 valence electrons. The van der Waals surface area contributed by atoms with Gasteiger partial charge in [0, 0.05) is 0 Å². The molecule has 1 fully saturated rings. The molecule has 0 aromatic carbocycles. The van der Waals surface area contributed by atoms with E-state index in [1.54, 1.807) is 0 Å². The highest BCUT2D eigenvalue weighted by Gasteiger charge is 2.45. The van der Waals surface area contributed by atoms with Gasteiger partial charge in [-0.05, 0) is 45.1 Å². The summed E-state index contributed by atoms with van der Waals surface area (Å²) in [4.78, 5) is 0. The highest BCUT2D eigenvalue weighted by molar-refractivity contribution is 5.15. The van der Waals surface area contributed by atoms with E-state index >= 15 is 0 Å². The summed E-state index contributed by atoms with van der Waals surface area (Å²) >= 11 is 0. The molecule has 3 nitrogen and oxygen atoms in total. The lowest BCUT2D eigenvalue weighted by Crippen LogP contribution is -2.51. The molecule has 0 bridgehead atoms. The molecule has 1 aliphatic carbocycles. The first kappa shape index (κ1) is 17.5. The van der Waals surface area contributed by atoms with Crippen LogP contribution in [0.4, 0.5) is 0 Å². The van der Waals surface area contributed by atoms with Crippen LogP contribution >= 0.6 is 0 Å². The lowest BCUT2D eigenvalue weighted by Gasteiger charge is -2.29. The molecule has 20 heavy (non-hydrogen) atoms. The van der Waals surface area contributed by atoms with E-state index in [9.17, 15) is 5.26 Å². The predicted octanol–water partition coefficient (Wildman–Crippen LogP) is 4.03. The molecule has 1 aliphatic rings. The second kappa shape index (κ2) is 9.37. The van der Waals surface area contributed by atoms with Gasteiger partial charge in [-0.3, -0.25) is 5.32 Å². The van der Waals surface area contributed by atoms with E-state index in [0.717, 1.165) is 19.4 Å². The van der Waals surface area contributed by atoms with Gasteiger partial charge in [-0.2, -0.15) is 5.26 Å². The molecule has 1 N–H and O–H groups in total. The molecule has 0 saturated heterocycles. The number of nitrogens with zero attached hydrogens (tertiary/aromatic N) is 1. The second-order valence-electron chi connectivity index (χ2n) is 6.26. The Morgan fingerprint density at radius 3 is 2.55 bits per heavy atom. The molecule has 3 heteroatoms. The third-order valence-corrected chi connectivity index (χ3v) is 4.22. The Kier molecular flexibility index (Phi) is 8.18. The number of nitrogens with one attached hydrogen (secondary N) is 1. The van der Waals surface area contributed by atoms with E-state index in [1.165, 1.54) is 38.5 Å². The minimum Gasteiger partial charge on any atom is -0.375 e. The normalized spacial score (nSPS) is 19.3. The average molecular weight is 280 g/mol. The predicted molar refractivity (Wildman–Crippen MR) is 83.5 cm³/mol. The summed E-state index contributed by atoms with van der Waals surface area (Å²) < 4.78 is 5.99. The maximum absolute atomic E-state index is 9.58. The van der Waals surface area contributed by atoms with Crippen LogP contribution in [0.25, 0.3) is 0 Å². The van der Waals surface area contributed by atoms with Crippen molar-refractivity contribution in [1.82, 2.24) is 5.32 Å². The van der Waals surface area contributed by atoms with E-state index in [1.807, 2.05) is 0 Å². The number of hydrogen-bond acceptors (Lipinski definition) is 3. The van der Waals surface area contributed by atoms with Crippen LogP contribution in [0.3, 0.4) is 0 Å². The van der Waals surface area contributed by atoms with Crippen LogP contribution in [0.15, 0.2) is 0 Å². The van der Waals surface area contributed by atoms with E-state index in [2.05, 4.69) is 32.2 Å². The highest BCUT2D eigenvalue weighted by atomic mass is 16.5. The molecule has 2 unspecified atom stereocenters. The third kappa shape index (κ3) is 5.81. The van der Waals surface area contributed by atoms with Crippen LogP contribution in [0.5, 0.6) is 0 Å². The monoisotopic (exact) mass is 280 g/mol. The van der Waals surface area contributed by atoms with Crippen LogP contribution in [0.2, 0.25) is 0 Å². The zero-order valence-electron chi connectivity index (χ0n) is 13.6. The Morgan fingerprint density at radius 2 is 2.00 bits per heavy atom. The van der Waals surface area contributed by atoms with E-state index < -0.39 is 5.54 Å². The zero-order chi connectivity index (χ0) is 14.8. The molecule has 0 spiro atoms. The van der Waals surface area contributed by atoms with Crippen LogP contribution in [0, 0.1) is 17.2 Å². The van der Waals surface area contributed by atoms with Gasteiger partial charge in [0.2, 0.25) is 0 Å². The van der Waals surface area contributed by atoms with E-state index in [0.29, 0.717) is 12.5 Å². The summed E-state index contributed by atoms with van der Waals surface area (Å²) in [7, 11) is 0. The zero-order valence-corrected chi connectivity index (χ0v) is 13.6. The van der Waals surface area contributed by atoms with Gasteiger partial charge in [0.25, 0.3) is 0 Å². The number of nitriles is 1. The summed E-state index contributed by atoms with van der Waals surface area (Å²) in [5.41, 5.74) is -0.437. The van der Waals surface area contributed by atoms with Crippen molar-refractivity contribution in [2.45, 2.75) is 83.8 Å². The first-order valence-electron chi connectivity index (χ1n) is 8.46. The maximum Gasteiger partial charge on any atom is 0.133 e. The molecule has 0 aromatic rings. The van der Waals surface area contributed by atoms with Crippen molar-refractivity contribution in [1.29, 1.82) is 5.26 Å². The average Bonchev–Trinajstić information content (AvgIpc) is 3.29. The highest BCUT2D eigenvalue weighted by Crippen LogP contribution is 2.39. The van der Waals surface area contributed by atoms with E-state index in [-0.39, 0.29) is 6.10 Å². The molecule has 2 atom stereocenters. The van der Waals surface area contributed by atoms with Crippen LogP contribution < -0.4 is 5.32 Å². The summed E-state index contributed by atoms with van der Waals surface area (Å²) in [6.45, 7) is 7.96. The van der Waals surface area contributed by atoms with Crippen LogP contribution in [0.1, 0.15) is 72.1 Å². The number of unbranched alkanes of at least 4 members (excludes halogenated alkanes) is 3. The first-order chi connectivity index (χ1) is 9.68. The minimum atomic E-state index is -0.437. The van der Waals surface area contributed by atoms with Gasteiger partial charge in [0.1, 0.15) is 5.54 Å². The summed E-state index contributed by atoms with van der Waals surface area (Å²) in [5, 5.41) is 13.0. The Balaban J connectivity index is 2.32. The molecule has 0 heterocycles. The van der Waals surface area contributed by atoms with Crippen molar-refractivity contribution in [3.8, 4) is 6.07 Å². The number of hydrogen-bond donors (Lipinski definition) is 1. The van der Waals surface area contributed by atoms with Gasteiger partial charge < -0.3 is 4.74 Å². The van der Waals surface area contributed by atoms with Crippen molar-refractivity contribution < 1.29 is 4.74 Å². The number of rotatable bonds is 12. The van der Waals surface area contributed by atoms with Crippen molar-refractivity contribution in [3.05, 3.63) is 0 Å².